The predicted octanol–water partition coefficient (Wildman–Crippen LogP) is 3.39. The second-order valence-corrected chi connectivity index (χ2v) is 3.87. The van der Waals surface area contributed by atoms with Crippen LogP contribution < -0.4 is 0 Å². The van der Waals surface area contributed by atoms with Crippen LogP contribution in [0.1, 0.15) is 47.0 Å². The highest BCUT2D eigenvalue weighted by Crippen LogP contribution is 2.12. The standard InChI is InChI=1S/C12H26N.H2O/c1-5-9-13(10-6-2,11-7-3)12-8-4;/h5,9H,6-8,10-12H2,1-4H3;1H2/q+1;/p-1/b9-5-;. The summed E-state index contributed by atoms with van der Waals surface area (Å²) in [5, 5.41) is 0. The third kappa shape index (κ3) is 5.40. The van der Waals surface area contributed by atoms with Gasteiger partial charge in [-0.3, -0.25) is 4.48 Å². The van der Waals surface area contributed by atoms with Crippen LogP contribution in [0, 0.1) is 0 Å². The maximum absolute atomic E-state index is 2.39. The molecule has 0 amide bonds. The van der Waals surface area contributed by atoms with Gasteiger partial charge in [0.1, 0.15) is 0 Å². The van der Waals surface area contributed by atoms with Crippen LogP contribution in [0.3, 0.4) is 0 Å². The Morgan fingerprint density at radius 1 is 0.857 bits per heavy atom. The third-order valence-corrected chi connectivity index (χ3v) is 2.47. The molecule has 0 saturated carbocycles. The molecule has 14 heavy (non-hydrogen) atoms. The average Bonchev–Trinajstić information content (AvgIpc) is 2.06. The van der Waals surface area contributed by atoms with Crippen LogP contribution in [0.25, 0.3) is 0 Å². The van der Waals surface area contributed by atoms with Gasteiger partial charge < -0.3 is 5.48 Å². The van der Waals surface area contributed by atoms with Crippen molar-refractivity contribution in [1.29, 1.82) is 0 Å². The molecule has 0 bridgehead atoms. The summed E-state index contributed by atoms with van der Waals surface area (Å²) in [4.78, 5) is 0. The van der Waals surface area contributed by atoms with E-state index in [9.17, 15) is 0 Å². The molecule has 0 aromatic rings. The van der Waals surface area contributed by atoms with Gasteiger partial charge in [0.15, 0.2) is 0 Å². The van der Waals surface area contributed by atoms with Gasteiger partial charge in [-0.05, 0) is 32.3 Å². The number of hydrogen-bond donors (Lipinski definition) is 0. The van der Waals surface area contributed by atoms with E-state index in [-0.39, 0.29) is 5.48 Å². The molecule has 2 nitrogen and oxygen atoms in total. The Hall–Kier alpha value is -0.340. The van der Waals surface area contributed by atoms with Crippen LogP contribution in [0.2, 0.25) is 0 Å². The van der Waals surface area contributed by atoms with E-state index in [2.05, 4.69) is 40.0 Å². The second-order valence-electron chi connectivity index (χ2n) is 3.87. The summed E-state index contributed by atoms with van der Waals surface area (Å²) in [6.45, 7) is 12.9. The zero-order valence-electron chi connectivity index (χ0n) is 10.3. The quantitative estimate of drug-likeness (QED) is 0.581. The van der Waals surface area contributed by atoms with Gasteiger partial charge in [0, 0.05) is 0 Å². The number of nitrogens with zero attached hydrogens (tertiary/aromatic N) is 1. The molecule has 0 radical (unpaired) electrons. The van der Waals surface area contributed by atoms with Crippen molar-refractivity contribution < 1.29 is 9.96 Å². The first-order valence-electron chi connectivity index (χ1n) is 5.74. The van der Waals surface area contributed by atoms with E-state index in [0.717, 1.165) is 0 Å². The Morgan fingerprint density at radius 2 is 1.21 bits per heavy atom. The first-order chi connectivity index (χ1) is 6.24. The predicted molar refractivity (Wildman–Crippen MR) is 62.5 cm³/mol. The Kier molecular flexibility index (Phi) is 10.6. The lowest BCUT2D eigenvalue weighted by molar-refractivity contribution is -0.879. The monoisotopic (exact) mass is 201 g/mol. The lowest BCUT2D eigenvalue weighted by Gasteiger charge is -2.34. The van der Waals surface area contributed by atoms with E-state index in [1.165, 1.54) is 43.4 Å². The minimum Gasteiger partial charge on any atom is -0.870 e. The summed E-state index contributed by atoms with van der Waals surface area (Å²) in [6.07, 6.45) is 8.44. The molecule has 0 rings (SSSR count). The number of allylic oxidation sites excluding steroid dienone is 1. The Bertz CT molecular complexity index is 126. The summed E-state index contributed by atoms with van der Waals surface area (Å²) < 4.78 is 1.19. The van der Waals surface area contributed by atoms with Crippen LogP contribution in [0.15, 0.2) is 12.3 Å². The van der Waals surface area contributed by atoms with E-state index in [1.807, 2.05) is 0 Å². The van der Waals surface area contributed by atoms with Crippen molar-refractivity contribution in [2.45, 2.75) is 47.0 Å². The van der Waals surface area contributed by atoms with Crippen molar-refractivity contribution >= 4 is 0 Å². The molecule has 86 valence electrons. The summed E-state index contributed by atoms with van der Waals surface area (Å²) in [6, 6.07) is 0. The largest absolute Gasteiger partial charge is 0.870 e. The molecule has 0 spiro atoms. The van der Waals surface area contributed by atoms with E-state index in [0.29, 0.717) is 0 Å². The SMILES string of the molecule is C/C=C\[N+](CCC)(CCC)CCC.[OH-]. The minimum absolute atomic E-state index is 0. The van der Waals surface area contributed by atoms with Gasteiger partial charge >= 0.3 is 0 Å². The van der Waals surface area contributed by atoms with Crippen LogP contribution in [0.4, 0.5) is 0 Å². The lowest BCUT2D eigenvalue weighted by Crippen LogP contribution is -2.44. The fourth-order valence-electron chi connectivity index (χ4n) is 2.21. The highest BCUT2D eigenvalue weighted by atomic mass is 16.0. The first kappa shape index (κ1) is 16.1. The number of quaternary nitrogens is 1. The van der Waals surface area contributed by atoms with Crippen molar-refractivity contribution in [3.63, 3.8) is 0 Å². The molecule has 0 aromatic carbocycles. The summed E-state index contributed by atoms with van der Waals surface area (Å²) in [5.74, 6) is 0. The van der Waals surface area contributed by atoms with Gasteiger partial charge in [-0.15, -0.1) is 0 Å². The fraction of sp³-hybridized carbons (Fsp3) is 0.833. The lowest BCUT2D eigenvalue weighted by atomic mass is 10.2. The van der Waals surface area contributed by atoms with Crippen molar-refractivity contribution in [3.05, 3.63) is 12.3 Å². The first-order valence-corrected chi connectivity index (χ1v) is 5.74. The fourth-order valence-corrected chi connectivity index (χ4v) is 2.21. The van der Waals surface area contributed by atoms with Gasteiger partial charge in [-0.2, -0.15) is 0 Å². The topological polar surface area (TPSA) is 30.0 Å². The number of rotatable bonds is 7. The Morgan fingerprint density at radius 3 is 1.43 bits per heavy atom. The molecule has 0 aliphatic carbocycles. The van der Waals surface area contributed by atoms with Crippen molar-refractivity contribution in [1.82, 2.24) is 0 Å². The highest BCUT2D eigenvalue weighted by molar-refractivity contribution is 4.68. The van der Waals surface area contributed by atoms with E-state index < -0.39 is 0 Å². The Labute approximate surface area is 89.5 Å². The van der Waals surface area contributed by atoms with Crippen LogP contribution in [-0.4, -0.2) is 29.6 Å². The zero-order chi connectivity index (χ0) is 10.2. The van der Waals surface area contributed by atoms with E-state index >= 15 is 0 Å². The normalized spacial score (nSPS) is 11.7. The van der Waals surface area contributed by atoms with Gasteiger partial charge in [0.25, 0.3) is 0 Å². The molecule has 1 N–H and O–H groups in total. The molecular formula is C12H27NO. The van der Waals surface area contributed by atoms with Gasteiger partial charge in [0.05, 0.1) is 25.8 Å². The zero-order valence-corrected chi connectivity index (χ0v) is 10.3. The average molecular weight is 201 g/mol. The second kappa shape index (κ2) is 9.22. The van der Waals surface area contributed by atoms with Gasteiger partial charge in [-0.1, -0.05) is 20.8 Å². The Balaban J connectivity index is 0. The molecule has 0 heterocycles. The molecule has 0 atom stereocenters. The van der Waals surface area contributed by atoms with Crippen molar-refractivity contribution in [2.24, 2.45) is 0 Å². The molecule has 0 unspecified atom stereocenters. The smallest absolute Gasteiger partial charge is 0.0915 e. The maximum atomic E-state index is 2.39. The molecule has 0 saturated heterocycles. The molecule has 0 aliphatic rings. The van der Waals surface area contributed by atoms with E-state index in [4.69, 9.17) is 0 Å². The summed E-state index contributed by atoms with van der Waals surface area (Å²) >= 11 is 0. The summed E-state index contributed by atoms with van der Waals surface area (Å²) in [5.41, 5.74) is 0. The molecule has 2 heteroatoms. The molecule has 0 aromatic heterocycles. The molecule has 0 fully saturated rings. The summed E-state index contributed by atoms with van der Waals surface area (Å²) in [7, 11) is 0. The molecule has 0 aliphatic heterocycles. The minimum atomic E-state index is 0. The highest BCUT2D eigenvalue weighted by Gasteiger charge is 2.20. The van der Waals surface area contributed by atoms with Crippen LogP contribution >= 0.6 is 0 Å². The van der Waals surface area contributed by atoms with Gasteiger partial charge in [-0.25, -0.2) is 0 Å². The number of hydrogen-bond acceptors (Lipinski definition) is 1. The van der Waals surface area contributed by atoms with E-state index in [1.54, 1.807) is 0 Å². The van der Waals surface area contributed by atoms with Crippen LogP contribution in [-0.2, 0) is 0 Å². The van der Waals surface area contributed by atoms with Crippen molar-refractivity contribution in [2.75, 3.05) is 19.6 Å². The van der Waals surface area contributed by atoms with Crippen LogP contribution in [0.5, 0.6) is 0 Å². The third-order valence-electron chi connectivity index (χ3n) is 2.47. The van der Waals surface area contributed by atoms with Crippen molar-refractivity contribution in [3.8, 4) is 0 Å². The molecular weight excluding hydrogens is 174 g/mol. The maximum Gasteiger partial charge on any atom is 0.0915 e. The van der Waals surface area contributed by atoms with Gasteiger partial charge in [0.2, 0.25) is 0 Å².